The van der Waals surface area contributed by atoms with Gasteiger partial charge in [0.25, 0.3) is 0 Å². The zero-order valence-electron chi connectivity index (χ0n) is 10.7. The third-order valence-electron chi connectivity index (χ3n) is 2.67. The van der Waals surface area contributed by atoms with E-state index >= 15 is 0 Å². The quantitative estimate of drug-likeness (QED) is 0.788. The number of ether oxygens (including phenoxy) is 2. The van der Waals surface area contributed by atoms with Gasteiger partial charge in [0.2, 0.25) is 5.78 Å². The van der Waals surface area contributed by atoms with Crippen LogP contribution in [-0.4, -0.2) is 19.5 Å². The van der Waals surface area contributed by atoms with E-state index in [1.807, 2.05) is 0 Å². The lowest BCUT2D eigenvalue weighted by Crippen LogP contribution is -2.12. The van der Waals surface area contributed by atoms with Crippen LogP contribution in [-0.2, 0) is 0 Å². The minimum atomic E-state index is -1.02. The summed E-state index contributed by atoms with van der Waals surface area (Å²) in [6, 6.07) is 9.80. The molecule has 2 aromatic carbocycles. The molecular formula is C15H12F2O3. The van der Waals surface area contributed by atoms with E-state index in [2.05, 4.69) is 0 Å². The summed E-state index contributed by atoms with van der Waals surface area (Å²) in [5.41, 5.74) is 0.373. The highest BCUT2D eigenvalue weighted by atomic mass is 19.2. The van der Waals surface area contributed by atoms with Gasteiger partial charge in [-0.3, -0.25) is 4.79 Å². The Morgan fingerprint density at radius 2 is 1.85 bits per heavy atom. The number of benzene rings is 2. The Balaban J connectivity index is 2.06. The van der Waals surface area contributed by atoms with Crippen molar-refractivity contribution in [1.82, 2.24) is 0 Å². The molecule has 20 heavy (non-hydrogen) atoms. The predicted molar refractivity (Wildman–Crippen MR) is 69.2 cm³/mol. The summed E-state index contributed by atoms with van der Waals surface area (Å²) in [5, 5.41) is 0. The average molecular weight is 278 g/mol. The van der Waals surface area contributed by atoms with Crippen molar-refractivity contribution < 1.29 is 23.0 Å². The smallest absolute Gasteiger partial charge is 0.203 e. The van der Waals surface area contributed by atoms with E-state index < -0.39 is 11.6 Å². The van der Waals surface area contributed by atoms with Gasteiger partial charge in [-0.15, -0.1) is 0 Å². The highest BCUT2D eigenvalue weighted by Crippen LogP contribution is 2.19. The first kappa shape index (κ1) is 14.0. The molecule has 0 radical (unpaired) electrons. The molecule has 0 aliphatic rings. The van der Waals surface area contributed by atoms with Gasteiger partial charge in [-0.25, -0.2) is 8.78 Å². The fourth-order valence-corrected chi connectivity index (χ4v) is 1.67. The lowest BCUT2D eigenvalue weighted by atomic mass is 10.1. The fraction of sp³-hybridized carbons (Fsp3) is 0.133. The topological polar surface area (TPSA) is 35.5 Å². The van der Waals surface area contributed by atoms with Gasteiger partial charge in [-0.05, 0) is 24.3 Å². The van der Waals surface area contributed by atoms with Gasteiger partial charge in [0.1, 0.15) is 11.5 Å². The first-order valence-electron chi connectivity index (χ1n) is 5.86. The van der Waals surface area contributed by atoms with Crippen molar-refractivity contribution in [3.8, 4) is 11.5 Å². The van der Waals surface area contributed by atoms with Crippen LogP contribution >= 0.6 is 0 Å². The normalized spacial score (nSPS) is 10.2. The summed E-state index contributed by atoms with van der Waals surface area (Å²) in [5.74, 6) is -1.77. The minimum Gasteiger partial charge on any atom is -0.496 e. The minimum absolute atomic E-state index is 0.0900. The Kier molecular flexibility index (Phi) is 4.30. The largest absolute Gasteiger partial charge is 0.496 e. The molecule has 0 heterocycles. The molecule has 0 amide bonds. The lowest BCUT2D eigenvalue weighted by molar-refractivity contribution is 0.0918. The molecule has 0 atom stereocenters. The number of carbonyl (C=O) groups excluding carboxylic acids is 1. The van der Waals surface area contributed by atoms with Crippen LogP contribution in [0.3, 0.4) is 0 Å². The van der Waals surface area contributed by atoms with Crippen LogP contribution in [0.2, 0.25) is 0 Å². The maximum Gasteiger partial charge on any atom is 0.203 e. The number of rotatable bonds is 5. The van der Waals surface area contributed by atoms with Gasteiger partial charge >= 0.3 is 0 Å². The van der Waals surface area contributed by atoms with Crippen molar-refractivity contribution in [1.29, 1.82) is 0 Å². The van der Waals surface area contributed by atoms with E-state index in [-0.39, 0.29) is 18.1 Å². The van der Waals surface area contributed by atoms with Crippen LogP contribution in [0, 0.1) is 11.6 Å². The number of hydrogen-bond donors (Lipinski definition) is 0. The van der Waals surface area contributed by atoms with Crippen molar-refractivity contribution >= 4 is 5.78 Å². The van der Waals surface area contributed by atoms with Gasteiger partial charge in [0.15, 0.2) is 18.2 Å². The van der Waals surface area contributed by atoms with E-state index in [0.717, 1.165) is 12.1 Å². The molecule has 5 heteroatoms. The molecule has 0 aliphatic heterocycles. The Labute approximate surface area is 114 Å². The Bertz CT molecular complexity index is 626. The highest BCUT2D eigenvalue weighted by Gasteiger charge is 2.12. The second-order valence-electron chi connectivity index (χ2n) is 3.99. The summed E-state index contributed by atoms with van der Waals surface area (Å²) < 4.78 is 35.9. The second kappa shape index (κ2) is 6.14. The van der Waals surface area contributed by atoms with Crippen LogP contribution < -0.4 is 9.47 Å². The average Bonchev–Trinajstić information content (AvgIpc) is 2.48. The van der Waals surface area contributed by atoms with E-state index in [1.54, 1.807) is 24.3 Å². The van der Waals surface area contributed by atoms with Gasteiger partial charge in [-0.2, -0.15) is 0 Å². The molecule has 104 valence electrons. The number of methoxy groups -OCH3 is 1. The Morgan fingerprint density at radius 3 is 2.55 bits per heavy atom. The standard InChI is InChI=1S/C15H12F2O3/c1-19-15-5-3-2-4-11(15)14(18)9-20-10-6-7-12(16)13(17)8-10/h2-8H,9H2,1H3. The van der Waals surface area contributed by atoms with Crippen LogP contribution in [0.4, 0.5) is 8.78 Å². The number of halogens is 2. The molecule has 0 aliphatic carbocycles. The summed E-state index contributed by atoms with van der Waals surface area (Å²) in [6.45, 7) is -0.286. The molecule has 0 spiro atoms. The van der Waals surface area contributed by atoms with Gasteiger partial charge in [0.05, 0.1) is 12.7 Å². The summed E-state index contributed by atoms with van der Waals surface area (Å²) in [4.78, 5) is 12.0. The van der Waals surface area contributed by atoms with Crippen molar-refractivity contribution in [2.75, 3.05) is 13.7 Å². The molecule has 0 unspecified atom stereocenters. The number of hydrogen-bond acceptors (Lipinski definition) is 3. The zero-order chi connectivity index (χ0) is 14.5. The first-order valence-corrected chi connectivity index (χ1v) is 5.86. The SMILES string of the molecule is COc1ccccc1C(=O)COc1ccc(F)c(F)c1. The van der Waals surface area contributed by atoms with Crippen molar-refractivity contribution in [3.05, 3.63) is 59.7 Å². The monoisotopic (exact) mass is 278 g/mol. The summed E-state index contributed by atoms with van der Waals surface area (Å²) in [7, 11) is 1.46. The molecule has 0 saturated heterocycles. The molecule has 0 aromatic heterocycles. The number of ketones is 1. The van der Waals surface area contributed by atoms with Crippen molar-refractivity contribution in [3.63, 3.8) is 0 Å². The van der Waals surface area contributed by atoms with E-state index in [0.29, 0.717) is 11.3 Å². The third kappa shape index (κ3) is 3.12. The third-order valence-corrected chi connectivity index (χ3v) is 2.67. The van der Waals surface area contributed by atoms with Gasteiger partial charge < -0.3 is 9.47 Å². The van der Waals surface area contributed by atoms with Crippen molar-refractivity contribution in [2.24, 2.45) is 0 Å². The first-order chi connectivity index (χ1) is 9.61. The number of para-hydroxylation sites is 1. The van der Waals surface area contributed by atoms with E-state index in [9.17, 15) is 13.6 Å². The molecular weight excluding hydrogens is 266 g/mol. The Morgan fingerprint density at radius 1 is 1.10 bits per heavy atom. The Hall–Kier alpha value is -2.43. The van der Waals surface area contributed by atoms with Crippen LogP contribution in [0.25, 0.3) is 0 Å². The molecule has 0 N–H and O–H groups in total. The molecule has 0 fully saturated rings. The molecule has 2 rings (SSSR count). The van der Waals surface area contributed by atoms with Crippen LogP contribution in [0.1, 0.15) is 10.4 Å². The molecule has 0 bridgehead atoms. The van der Waals surface area contributed by atoms with Gasteiger partial charge in [-0.1, -0.05) is 12.1 Å². The van der Waals surface area contributed by atoms with Crippen LogP contribution in [0.15, 0.2) is 42.5 Å². The predicted octanol–water partition coefficient (Wildman–Crippen LogP) is 3.24. The molecule has 2 aromatic rings. The second-order valence-corrected chi connectivity index (χ2v) is 3.99. The highest BCUT2D eigenvalue weighted by molar-refractivity contribution is 5.99. The maximum absolute atomic E-state index is 13.0. The molecule has 0 saturated carbocycles. The number of Topliss-reactive ketones (excluding diaryl/α,β-unsaturated/α-hetero) is 1. The maximum atomic E-state index is 13.0. The summed E-state index contributed by atoms with van der Waals surface area (Å²) in [6.07, 6.45) is 0. The lowest BCUT2D eigenvalue weighted by Gasteiger charge is -2.08. The summed E-state index contributed by atoms with van der Waals surface area (Å²) >= 11 is 0. The van der Waals surface area contributed by atoms with Crippen molar-refractivity contribution in [2.45, 2.75) is 0 Å². The van der Waals surface area contributed by atoms with E-state index in [4.69, 9.17) is 9.47 Å². The van der Waals surface area contributed by atoms with Crippen LogP contribution in [0.5, 0.6) is 11.5 Å². The zero-order valence-corrected chi connectivity index (χ0v) is 10.7. The number of carbonyl (C=O) groups is 1. The van der Waals surface area contributed by atoms with Gasteiger partial charge in [0, 0.05) is 6.07 Å². The fourth-order valence-electron chi connectivity index (χ4n) is 1.67. The van der Waals surface area contributed by atoms with E-state index in [1.165, 1.54) is 13.2 Å². The molecule has 3 nitrogen and oxygen atoms in total.